The standard InChI is InChI=1S/C15H23ClN2S/c1-12(14-6-7-15(16)19-14)18-10-4-9-17-8-3-2-5-13(17)11-18/h6-7,12-13H,2-5,8-11H2,1H3. The number of piperidine rings is 1. The van der Waals surface area contributed by atoms with Gasteiger partial charge in [-0.2, -0.15) is 0 Å². The first kappa shape index (κ1) is 13.9. The molecule has 2 atom stereocenters. The molecular formula is C15H23ClN2S. The highest BCUT2D eigenvalue weighted by atomic mass is 35.5. The van der Waals surface area contributed by atoms with Crippen LogP contribution in [0, 0.1) is 0 Å². The lowest BCUT2D eigenvalue weighted by molar-refractivity contribution is 0.124. The van der Waals surface area contributed by atoms with Crippen LogP contribution in [0.15, 0.2) is 12.1 Å². The van der Waals surface area contributed by atoms with Crippen LogP contribution in [0.25, 0.3) is 0 Å². The van der Waals surface area contributed by atoms with Gasteiger partial charge in [-0.3, -0.25) is 9.80 Å². The van der Waals surface area contributed by atoms with Gasteiger partial charge in [0.25, 0.3) is 0 Å². The maximum absolute atomic E-state index is 6.08. The molecule has 2 nitrogen and oxygen atoms in total. The van der Waals surface area contributed by atoms with Crippen molar-refractivity contribution in [3.63, 3.8) is 0 Å². The molecule has 19 heavy (non-hydrogen) atoms. The normalized spacial score (nSPS) is 27.8. The molecule has 0 N–H and O–H groups in total. The van der Waals surface area contributed by atoms with Gasteiger partial charge in [-0.25, -0.2) is 0 Å². The minimum atomic E-state index is 0.513. The lowest BCUT2D eigenvalue weighted by atomic mass is 10.0. The first-order valence-corrected chi connectivity index (χ1v) is 8.67. The fourth-order valence-electron chi connectivity index (χ4n) is 3.48. The van der Waals surface area contributed by atoms with E-state index in [1.807, 2.05) is 6.07 Å². The van der Waals surface area contributed by atoms with Crippen LogP contribution in [0.3, 0.4) is 0 Å². The molecule has 2 fully saturated rings. The van der Waals surface area contributed by atoms with E-state index in [0.717, 1.165) is 10.4 Å². The van der Waals surface area contributed by atoms with Crippen LogP contribution in [0.1, 0.15) is 43.5 Å². The van der Waals surface area contributed by atoms with Crippen molar-refractivity contribution in [3.05, 3.63) is 21.3 Å². The Hall–Kier alpha value is -0.0900. The van der Waals surface area contributed by atoms with E-state index in [-0.39, 0.29) is 0 Å². The summed E-state index contributed by atoms with van der Waals surface area (Å²) in [6.07, 6.45) is 5.50. The first-order valence-electron chi connectivity index (χ1n) is 7.47. The van der Waals surface area contributed by atoms with E-state index >= 15 is 0 Å². The highest BCUT2D eigenvalue weighted by molar-refractivity contribution is 7.16. The second-order valence-electron chi connectivity index (χ2n) is 5.85. The van der Waals surface area contributed by atoms with Gasteiger partial charge in [0.15, 0.2) is 0 Å². The molecule has 0 radical (unpaired) electrons. The predicted molar refractivity (Wildman–Crippen MR) is 83.1 cm³/mol. The van der Waals surface area contributed by atoms with Gasteiger partial charge in [-0.15, -0.1) is 11.3 Å². The molecule has 3 rings (SSSR count). The number of hydrogen-bond acceptors (Lipinski definition) is 3. The van der Waals surface area contributed by atoms with E-state index in [1.54, 1.807) is 11.3 Å². The topological polar surface area (TPSA) is 6.48 Å². The average molecular weight is 299 g/mol. The van der Waals surface area contributed by atoms with Crippen molar-refractivity contribution in [1.29, 1.82) is 0 Å². The minimum absolute atomic E-state index is 0.513. The summed E-state index contributed by atoms with van der Waals surface area (Å²) in [4.78, 5) is 6.80. The highest BCUT2D eigenvalue weighted by Gasteiger charge is 2.29. The largest absolute Gasteiger partial charge is 0.299 e. The van der Waals surface area contributed by atoms with Crippen molar-refractivity contribution in [1.82, 2.24) is 9.80 Å². The Kier molecular flexibility index (Phi) is 4.47. The fraction of sp³-hybridized carbons (Fsp3) is 0.733. The molecule has 2 aliphatic rings. The summed E-state index contributed by atoms with van der Waals surface area (Å²) in [7, 11) is 0. The monoisotopic (exact) mass is 298 g/mol. The Balaban J connectivity index is 1.70. The van der Waals surface area contributed by atoms with Crippen molar-refractivity contribution in [2.45, 2.75) is 44.7 Å². The van der Waals surface area contributed by atoms with Gasteiger partial charge in [-0.1, -0.05) is 18.0 Å². The number of thiophene rings is 1. The molecule has 2 aliphatic heterocycles. The van der Waals surface area contributed by atoms with Crippen LogP contribution in [0.4, 0.5) is 0 Å². The van der Waals surface area contributed by atoms with Crippen LogP contribution >= 0.6 is 22.9 Å². The van der Waals surface area contributed by atoms with E-state index in [4.69, 9.17) is 11.6 Å². The Bertz CT molecular complexity index is 420. The quantitative estimate of drug-likeness (QED) is 0.813. The molecule has 0 amide bonds. The van der Waals surface area contributed by atoms with Crippen LogP contribution < -0.4 is 0 Å². The summed E-state index contributed by atoms with van der Waals surface area (Å²) in [5.41, 5.74) is 0. The van der Waals surface area contributed by atoms with E-state index in [1.165, 1.54) is 56.7 Å². The third kappa shape index (κ3) is 3.15. The summed E-state index contributed by atoms with van der Waals surface area (Å²) >= 11 is 7.81. The smallest absolute Gasteiger partial charge is 0.0931 e. The summed E-state index contributed by atoms with van der Waals surface area (Å²) in [5.74, 6) is 0. The molecule has 2 saturated heterocycles. The van der Waals surface area contributed by atoms with Gasteiger partial charge in [0.05, 0.1) is 4.34 Å². The third-order valence-corrected chi connectivity index (χ3v) is 6.04. The van der Waals surface area contributed by atoms with E-state index in [0.29, 0.717) is 6.04 Å². The number of hydrogen-bond donors (Lipinski definition) is 0. The van der Waals surface area contributed by atoms with Crippen molar-refractivity contribution in [3.8, 4) is 0 Å². The van der Waals surface area contributed by atoms with Gasteiger partial charge in [0, 0.05) is 30.1 Å². The first-order chi connectivity index (χ1) is 9.24. The number of rotatable bonds is 2. The molecule has 0 aliphatic carbocycles. The van der Waals surface area contributed by atoms with Crippen molar-refractivity contribution < 1.29 is 0 Å². The molecular weight excluding hydrogens is 276 g/mol. The Morgan fingerprint density at radius 3 is 2.84 bits per heavy atom. The van der Waals surface area contributed by atoms with Crippen molar-refractivity contribution >= 4 is 22.9 Å². The van der Waals surface area contributed by atoms with Crippen LogP contribution in [0.5, 0.6) is 0 Å². The van der Waals surface area contributed by atoms with E-state index in [2.05, 4.69) is 22.8 Å². The molecule has 0 bridgehead atoms. The molecule has 2 unspecified atom stereocenters. The van der Waals surface area contributed by atoms with E-state index < -0.39 is 0 Å². The van der Waals surface area contributed by atoms with Gasteiger partial charge < -0.3 is 0 Å². The second kappa shape index (κ2) is 6.13. The van der Waals surface area contributed by atoms with Crippen molar-refractivity contribution in [2.75, 3.05) is 26.2 Å². The fourth-order valence-corrected chi connectivity index (χ4v) is 4.63. The van der Waals surface area contributed by atoms with Gasteiger partial charge in [0.1, 0.15) is 0 Å². The maximum atomic E-state index is 6.08. The SMILES string of the molecule is CC(c1ccc(Cl)s1)N1CCCN2CCCCC2C1. The van der Waals surface area contributed by atoms with Gasteiger partial charge in [0.2, 0.25) is 0 Å². The molecule has 0 saturated carbocycles. The minimum Gasteiger partial charge on any atom is -0.299 e. The highest BCUT2D eigenvalue weighted by Crippen LogP contribution is 2.32. The molecule has 1 aromatic rings. The van der Waals surface area contributed by atoms with Crippen LogP contribution in [-0.4, -0.2) is 42.0 Å². The van der Waals surface area contributed by atoms with Gasteiger partial charge in [-0.05, 0) is 51.4 Å². The summed E-state index contributed by atoms with van der Waals surface area (Å²) in [6, 6.07) is 5.53. The molecule has 0 aromatic carbocycles. The third-order valence-electron chi connectivity index (χ3n) is 4.64. The van der Waals surface area contributed by atoms with Crippen LogP contribution in [-0.2, 0) is 0 Å². The summed E-state index contributed by atoms with van der Waals surface area (Å²) in [6.45, 7) is 7.40. The van der Waals surface area contributed by atoms with Crippen molar-refractivity contribution in [2.24, 2.45) is 0 Å². The lowest BCUT2D eigenvalue weighted by Gasteiger charge is -2.36. The molecule has 1 aromatic heterocycles. The molecule has 3 heterocycles. The number of fused-ring (bicyclic) bond motifs is 1. The zero-order valence-electron chi connectivity index (χ0n) is 11.6. The van der Waals surface area contributed by atoms with E-state index in [9.17, 15) is 0 Å². The average Bonchev–Trinajstić information content (AvgIpc) is 2.74. The van der Waals surface area contributed by atoms with Crippen LogP contribution in [0.2, 0.25) is 4.34 Å². The Morgan fingerprint density at radius 2 is 2.05 bits per heavy atom. The Labute approximate surface area is 125 Å². The lowest BCUT2D eigenvalue weighted by Crippen LogP contribution is -2.44. The zero-order chi connectivity index (χ0) is 13.2. The molecule has 4 heteroatoms. The molecule has 0 spiro atoms. The summed E-state index contributed by atoms with van der Waals surface area (Å²) in [5, 5.41) is 0. The predicted octanol–water partition coefficient (Wildman–Crippen LogP) is 4.02. The second-order valence-corrected chi connectivity index (χ2v) is 7.60. The zero-order valence-corrected chi connectivity index (χ0v) is 13.2. The van der Waals surface area contributed by atoms with Gasteiger partial charge >= 0.3 is 0 Å². The summed E-state index contributed by atoms with van der Waals surface area (Å²) < 4.78 is 0.913. The Morgan fingerprint density at radius 1 is 1.21 bits per heavy atom. The maximum Gasteiger partial charge on any atom is 0.0931 e. The number of halogens is 1. The number of nitrogens with zero attached hydrogens (tertiary/aromatic N) is 2. The molecule has 106 valence electrons.